The summed E-state index contributed by atoms with van der Waals surface area (Å²) in [5.74, 6) is 0.753. The van der Waals surface area contributed by atoms with E-state index in [4.69, 9.17) is 4.74 Å². The number of aliphatic hydroxyl groups excluding tert-OH is 1. The topological polar surface area (TPSA) is 60.2 Å². The van der Waals surface area contributed by atoms with Gasteiger partial charge in [0.05, 0.1) is 5.52 Å². The van der Waals surface area contributed by atoms with Crippen molar-refractivity contribution in [1.29, 1.82) is 0 Å². The zero-order chi connectivity index (χ0) is 21.0. The summed E-state index contributed by atoms with van der Waals surface area (Å²) >= 11 is 0. The van der Waals surface area contributed by atoms with E-state index in [1.165, 1.54) is 0 Å². The minimum atomic E-state index is -1.14. The largest absolute Gasteiger partial charge is 0.463 e. The van der Waals surface area contributed by atoms with Crippen LogP contribution in [0.2, 0.25) is 0 Å². The fraction of sp³-hybridized carbons (Fsp3) is 0.280. The van der Waals surface area contributed by atoms with Gasteiger partial charge in [-0.15, -0.1) is 5.10 Å². The third-order valence-corrected chi connectivity index (χ3v) is 5.50. The molecule has 0 saturated carbocycles. The third-order valence-electron chi connectivity index (χ3n) is 5.50. The van der Waals surface area contributed by atoms with Crippen LogP contribution in [0.4, 0.5) is 0 Å². The van der Waals surface area contributed by atoms with Crippen LogP contribution in [-0.2, 0) is 12.1 Å². The van der Waals surface area contributed by atoms with Crippen LogP contribution in [0.3, 0.4) is 0 Å². The van der Waals surface area contributed by atoms with E-state index >= 15 is 0 Å². The lowest BCUT2D eigenvalue weighted by Gasteiger charge is -2.39. The van der Waals surface area contributed by atoms with Crippen LogP contribution in [-0.4, -0.2) is 20.1 Å². The van der Waals surface area contributed by atoms with Gasteiger partial charge in [-0.05, 0) is 35.7 Å². The zero-order valence-corrected chi connectivity index (χ0v) is 17.4. The molecule has 0 spiro atoms. The number of para-hydroxylation sites is 2. The van der Waals surface area contributed by atoms with Gasteiger partial charge in [-0.25, -0.2) is 0 Å². The van der Waals surface area contributed by atoms with Crippen molar-refractivity contribution in [3.8, 4) is 5.75 Å². The summed E-state index contributed by atoms with van der Waals surface area (Å²) in [7, 11) is 0. The smallest absolute Gasteiger partial charge is 0.233 e. The number of hydrogen-bond donors (Lipinski definition) is 1. The zero-order valence-electron chi connectivity index (χ0n) is 17.4. The fourth-order valence-electron chi connectivity index (χ4n) is 4.00. The molecular formula is C25H27N3O2. The van der Waals surface area contributed by atoms with Crippen LogP contribution in [0.1, 0.15) is 43.9 Å². The van der Waals surface area contributed by atoms with E-state index in [0.717, 1.165) is 40.8 Å². The Morgan fingerprint density at radius 1 is 0.933 bits per heavy atom. The highest BCUT2D eigenvalue weighted by Crippen LogP contribution is 2.41. The standard InChI is InChI=1S/C25H27N3O2/c1-3-18-25(24(29)20-13-6-5-7-14-20,30-23-17-11-8-12-19(23)4-2)28-22-16-10-9-15-21(22)26-27-28/h5-17,24,29H,3-4,18H2,1-2H3. The maximum Gasteiger partial charge on any atom is 0.233 e. The monoisotopic (exact) mass is 401 g/mol. The maximum atomic E-state index is 11.7. The van der Waals surface area contributed by atoms with Gasteiger partial charge >= 0.3 is 0 Å². The minimum Gasteiger partial charge on any atom is -0.463 e. The second-order valence-electron chi connectivity index (χ2n) is 7.46. The molecule has 4 aromatic rings. The first-order valence-electron chi connectivity index (χ1n) is 10.5. The molecule has 4 rings (SSSR count). The Kier molecular flexibility index (Phi) is 5.81. The summed E-state index contributed by atoms with van der Waals surface area (Å²) < 4.78 is 8.50. The summed E-state index contributed by atoms with van der Waals surface area (Å²) in [6.45, 7) is 4.18. The summed E-state index contributed by atoms with van der Waals surface area (Å²) in [5.41, 5.74) is 2.32. The molecule has 1 heterocycles. The summed E-state index contributed by atoms with van der Waals surface area (Å²) in [6, 6.07) is 25.4. The van der Waals surface area contributed by atoms with Gasteiger partial charge in [-0.1, -0.05) is 86.1 Å². The minimum absolute atomic E-state index is 0.564. The second kappa shape index (κ2) is 8.67. The first kappa shape index (κ1) is 20.1. The molecule has 1 aromatic heterocycles. The van der Waals surface area contributed by atoms with E-state index < -0.39 is 11.8 Å². The lowest BCUT2D eigenvalue weighted by Crippen LogP contribution is -2.46. The predicted octanol–water partition coefficient (Wildman–Crippen LogP) is 5.26. The van der Waals surface area contributed by atoms with Gasteiger partial charge < -0.3 is 9.84 Å². The first-order chi connectivity index (χ1) is 14.7. The molecule has 0 radical (unpaired) electrons. The van der Waals surface area contributed by atoms with E-state index in [2.05, 4.69) is 30.2 Å². The molecule has 154 valence electrons. The van der Waals surface area contributed by atoms with Crippen molar-refractivity contribution in [3.63, 3.8) is 0 Å². The Morgan fingerprint density at radius 2 is 1.63 bits per heavy atom. The average molecular weight is 402 g/mol. The number of ether oxygens (including phenoxy) is 1. The molecule has 1 N–H and O–H groups in total. The molecule has 0 saturated heterocycles. The molecule has 5 nitrogen and oxygen atoms in total. The summed E-state index contributed by atoms with van der Waals surface area (Å²) in [6.07, 6.45) is 1.26. The molecule has 0 aliphatic heterocycles. The van der Waals surface area contributed by atoms with Gasteiger partial charge in [0.2, 0.25) is 5.72 Å². The van der Waals surface area contributed by atoms with E-state index in [1.54, 1.807) is 4.68 Å². The van der Waals surface area contributed by atoms with Crippen LogP contribution in [0.5, 0.6) is 5.75 Å². The van der Waals surface area contributed by atoms with Gasteiger partial charge in [-0.2, -0.15) is 4.68 Å². The molecule has 0 amide bonds. The maximum absolute atomic E-state index is 11.7. The average Bonchev–Trinajstić information content (AvgIpc) is 3.24. The number of fused-ring (bicyclic) bond motifs is 1. The Morgan fingerprint density at radius 3 is 2.40 bits per heavy atom. The molecular weight excluding hydrogens is 374 g/mol. The van der Waals surface area contributed by atoms with Crippen molar-refractivity contribution in [2.75, 3.05) is 0 Å². The number of benzene rings is 3. The van der Waals surface area contributed by atoms with Crippen LogP contribution in [0.25, 0.3) is 11.0 Å². The lowest BCUT2D eigenvalue weighted by atomic mass is 9.93. The van der Waals surface area contributed by atoms with Gasteiger partial charge in [0.1, 0.15) is 17.4 Å². The van der Waals surface area contributed by atoms with Crippen LogP contribution >= 0.6 is 0 Å². The molecule has 3 aromatic carbocycles. The Balaban J connectivity index is 1.94. The van der Waals surface area contributed by atoms with Crippen molar-refractivity contribution in [2.45, 2.75) is 44.9 Å². The number of rotatable bonds is 8. The number of aliphatic hydroxyl groups is 1. The van der Waals surface area contributed by atoms with Crippen LogP contribution in [0, 0.1) is 0 Å². The molecule has 2 atom stereocenters. The first-order valence-corrected chi connectivity index (χ1v) is 10.5. The normalized spacial score (nSPS) is 14.4. The molecule has 0 aliphatic carbocycles. The number of hydrogen-bond acceptors (Lipinski definition) is 4. The van der Waals surface area contributed by atoms with Crippen molar-refractivity contribution >= 4 is 11.0 Å². The highest BCUT2D eigenvalue weighted by atomic mass is 16.5. The quantitative estimate of drug-likeness (QED) is 0.437. The second-order valence-corrected chi connectivity index (χ2v) is 7.46. The lowest BCUT2D eigenvalue weighted by molar-refractivity contribution is -0.129. The molecule has 2 unspecified atom stereocenters. The van der Waals surface area contributed by atoms with Crippen molar-refractivity contribution in [3.05, 3.63) is 90.0 Å². The van der Waals surface area contributed by atoms with Crippen molar-refractivity contribution in [1.82, 2.24) is 15.0 Å². The highest BCUT2D eigenvalue weighted by molar-refractivity contribution is 5.74. The Hall–Kier alpha value is -3.18. The van der Waals surface area contributed by atoms with Crippen molar-refractivity contribution < 1.29 is 9.84 Å². The summed E-state index contributed by atoms with van der Waals surface area (Å²) in [5, 5.41) is 20.5. The third kappa shape index (κ3) is 3.57. The van der Waals surface area contributed by atoms with Gasteiger partial charge in [0, 0.05) is 6.42 Å². The number of nitrogens with zero attached hydrogens (tertiary/aromatic N) is 3. The fourth-order valence-corrected chi connectivity index (χ4v) is 4.00. The van der Waals surface area contributed by atoms with E-state index in [-0.39, 0.29) is 0 Å². The summed E-state index contributed by atoms with van der Waals surface area (Å²) in [4.78, 5) is 0. The van der Waals surface area contributed by atoms with E-state index in [0.29, 0.717) is 6.42 Å². The Bertz CT molecular complexity index is 1110. The SMILES string of the molecule is CCCC(Oc1ccccc1CC)(C(O)c1ccccc1)n1nnc2ccccc21. The van der Waals surface area contributed by atoms with Gasteiger partial charge in [-0.3, -0.25) is 0 Å². The molecule has 30 heavy (non-hydrogen) atoms. The van der Waals surface area contributed by atoms with Crippen molar-refractivity contribution in [2.24, 2.45) is 0 Å². The van der Waals surface area contributed by atoms with Gasteiger partial charge in [0.25, 0.3) is 0 Å². The molecule has 5 heteroatoms. The van der Waals surface area contributed by atoms with E-state index in [9.17, 15) is 5.11 Å². The van der Waals surface area contributed by atoms with Gasteiger partial charge in [0.15, 0.2) is 0 Å². The predicted molar refractivity (Wildman–Crippen MR) is 118 cm³/mol. The Labute approximate surface area is 176 Å². The molecule has 0 fully saturated rings. The molecule has 0 bridgehead atoms. The number of aryl methyl sites for hydroxylation is 1. The number of aromatic nitrogens is 3. The van der Waals surface area contributed by atoms with Crippen LogP contribution < -0.4 is 4.74 Å². The molecule has 0 aliphatic rings. The van der Waals surface area contributed by atoms with E-state index in [1.807, 2.05) is 72.8 Å². The highest BCUT2D eigenvalue weighted by Gasteiger charge is 2.45. The van der Waals surface area contributed by atoms with Crippen LogP contribution in [0.15, 0.2) is 78.9 Å².